The van der Waals surface area contributed by atoms with Gasteiger partial charge < -0.3 is 38.7 Å². The first kappa shape index (κ1) is 39.7. The molecule has 0 unspecified atom stereocenters. The van der Waals surface area contributed by atoms with Crippen LogP contribution in [0.4, 0.5) is 16.2 Å². The van der Waals surface area contributed by atoms with Crippen LogP contribution >= 0.6 is 0 Å². The molecule has 3 aliphatic rings. The number of ether oxygens (including phenoxy) is 2. The van der Waals surface area contributed by atoms with E-state index in [1.807, 2.05) is 78.8 Å². The first-order valence-electron chi connectivity index (χ1n) is 20.3. The van der Waals surface area contributed by atoms with Crippen LogP contribution in [0.3, 0.4) is 0 Å². The Morgan fingerprint density at radius 1 is 0.814 bits per heavy atom. The number of aromatic hydroxyl groups is 1. The number of phenols is 1. The molecular formula is C47H52N6O6. The molecule has 1 N–H and O–H groups in total. The number of carbonyl (C=O) groups is 3. The molecule has 5 aromatic rings. The molecule has 59 heavy (non-hydrogen) atoms. The topological polar surface area (TPSA) is 111 Å². The second-order valence-electron chi connectivity index (χ2n) is 16.0. The minimum atomic E-state index is -0.445. The number of benzene rings is 4. The van der Waals surface area contributed by atoms with Crippen LogP contribution in [0.15, 0.2) is 91.0 Å². The van der Waals surface area contributed by atoms with Gasteiger partial charge >= 0.3 is 6.09 Å². The van der Waals surface area contributed by atoms with Crippen molar-refractivity contribution in [1.29, 1.82) is 0 Å². The van der Waals surface area contributed by atoms with Gasteiger partial charge in [0.2, 0.25) is 0 Å². The van der Waals surface area contributed by atoms with Crippen molar-refractivity contribution in [3.05, 3.63) is 130 Å². The Hall–Kier alpha value is -6.11. The van der Waals surface area contributed by atoms with Crippen LogP contribution in [-0.4, -0.2) is 109 Å². The fourth-order valence-corrected chi connectivity index (χ4v) is 8.60. The lowest BCUT2D eigenvalue weighted by atomic mass is 9.89. The Balaban J connectivity index is 1.18. The summed E-state index contributed by atoms with van der Waals surface area (Å²) in [5.74, 6) is 0.306. The zero-order chi connectivity index (χ0) is 41.4. The molecule has 3 aliphatic heterocycles. The van der Waals surface area contributed by atoms with Gasteiger partial charge in [-0.05, 0) is 96.6 Å². The van der Waals surface area contributed by atoms with Crippen molar-refractivity contribution in [3.63, 3.8) is 0 Å². The molecule has 0 spiro atoms. The van der Waals surface area contributed by atoms with E-state index in [1.54, 1.807) is 47.2 Å². The largest absolute Gasteiger partial charge is 0.508 e. The van der Waals surface area contributed by atoms with Gasteiger partial charge in [0.15, 0.2) is 5.75 Å². The second kappa shape index (κ2) is 16.6. The molecule has 4 heterocycles. The average molecular weight is 797 g/mol. The quantitative estimate of drug-likeness (QED) is 0.190. The molecule has 1 fully saturated rings. The summed E-state index contributed by atoms with van der Waals surface area (Å²) in [7, 11) is 7.46. The number of hydrogen-bond acceptors (Lipinski definition) is 8. The van der Waals surface area contributed by atoms with E-state index in [0.717, 1.165) is 65.4 Å². The molecule has 0 aliphatic carbocycles. The van der Waals surface area contributed by atoms with E-state index in [9.17, 15) is 14.7 Å². The van der Waals surface area contributed by atoms with Crippen LogP contribution in [0, 0.1) is 6.92 Å². The van der Waals surface area contributed by atoms with Gasteiger partial charge in [-0.3, -0.25) is 14.5 Å². The highest BCUT2D eigenvalue weighted by atomic mass is 16.6. The van der Waals surface area contributed by atoms with Crippen molar-refractivity contribution in [2.75, 3.05) is 70.3 Å². The van der Waals surface area contributed by atoms with Crippen molar-refractivity contribution in [2.45, 2.75) is 38.9 Å². The molecule has 4 aromatic carbocycles. The van der Waals surface area contributed by atoms with Gasteiger partial charge in [-0.15, -0.1) is 0 Å². The van der Waals surface area contributed by atoms with Crippen molar-refractivity contribution >= 4 is 29.3 Å². The summed E-state index contributed by atoms with van der Waals surface area (Å²) in [5.41, 5.74) is 9.04. The number of amides is 3. The molecule has 12 nitrogen and oxygen atoms in total. The monoisotopic (exact) mass is 796 g/mol. The van der Waals surface area contributed by atoms with Gasteiger partial charge in [0.25, 0.3) is 11.8 Å². The molecular weight excluding hydrogens is 745 g/mol. The zero-order valence-electron chi connectivity index (χ0n) is 34.5. The van der Waals surface area contributed by atoms with E-state index in [4.69, 9.17) is 9.47 Å². The van der Waals surface area contributed by atoms with E-state index in [0.29, 0.717) is 55.3 Å². The maximum atomic E-state index is 15.4. The fraction of sp³-hybridized carbons (Fsp3) is 0.340. The van der Waals surface area contributed by atoms with E-state index in [1.165, 1.54) is 5.56 Å². The highest BCUT2D eigenvalue weighted by Gasteiger charge is 2.35. The molecule has 3 amide bonds. The molecule has 8 rings (SSSR count). The number of rotatable bonds is 8. The maximum absolute atomic E-state index is 15.4. The number of phenolic OH excluding ortho intramolecular Hbond substituents is 1. The lowest BCUT2D eigenvalue weighted by Gasteiger charge is -2.41. The van der Waals surface area contributed by atoms with Crippen LogP contribution in [-0.2, 0) is 37.7 Å². The summed E-state index contributed by atoms with van der Waals surface area (Å²) < 4.78 is 13.6. The van der Waals surface area contributed by atoms with Gasteiger partial charge in [0.1, 0.15) is 5.75 Å². The highest BCUT2D eigenvalue weighted by Crippen LogP contribution is 2.36. The van der Waals surface area contributed by atoms with E-state index >= 15 is 4.79 Å². The van der Waals surface area contributed by atoms with Gasteiger partial charge in [-0.25, -0.2) is 4.79 Å². The lowest BCUT2D eigenvalue weighted by molar-refractivity contribution is 0.0193. The molecule has 0 saturated carbocycles. The van der Waals surface area contributed by atoms with Gasteiger partial charge in [-0.1, -0.05) is 36.4 Å². The third kappa shape index (κ3) is 8.02. The summed E-state index contributed by atoms with van der Waals surface area (Å²) in [5, 5.41) is 9.86. The first-order chi connectivity index (χ1) is 28.5. The minimum Gasteiger partial charge on any atom is -0.508 e. The normalized spacial score (nSPS) is 16.6. The van der Waals surface area contributed by atoms with Gasteiger partial charge in [0.05, 0.1) is 24.5 Å². The zero-order valence-corrected chi connectivity index (χ0v) is 34.5. The summed E-state index contributed by atoms with van der Waals surface area (Å²) >= 11 is 0. The van der Waals surface area contributed by atoms with E-state index < -0.39 is 6.09 Å². The molecule has 1 atom stereocenters. The van der Waals surface area contributed by atoms with Crippen LogP contribution in [0.1, 0.15) is 48.7 Å². The first-order valence-corrected chi connectivity index (χ1v) is 20.3. The molecule has 1 saturated heterocycles. The minimum absolute atomic E-state index is 0.0751. The Morgan fingerprint density at radius 2 is 1.53 bits per heavy atom. The smallest absolute Gasteiger partial charge is 0.415 e. The highest BCUT2D eigenvalue weighted by molar-refractivity contribution is 6.08. The Morgan fingerprint density at radius 3 is 2.27 bits per heavy atom. The summed E-state index contributed by atoms with van der Waals surface area (Å²) in [6.07, 6.45) is 0.856. The average Bonchev–Trinajstić information content (AvgIpc) is 3.55. The van der Waals surface area contributed by atoms with Gasteiger partial charge in [0, 0.05) is 102 Å². The number of anilines is 2. The molecule has 1 aromatic heterocycles. The third-order valence-electron chi connectivity index (χ3n) is 12.2. The SMILES string of the molecule is Cc1c(C(=O)N(C)c2ccc(O)cc2)cc(-c2cc3c(cc2C(=O)N2Cc4ccccc4C[C@H]2CN2CCOCC2)CN(C(=O)Oc2ccccc2N(C)C)CC3)n1C. The number of nitrogens with zero attached hydrogens (tertiary/aromatic N) is 6. The molecule has 0 bridgehead atoms. The Kier molecular flexibility index (Phi) is 11.2. The summed E-state index contributed by atoms with van der Waals surface area (Å²) in [6.45, 7) is 6.80. The molecule has 12 heteroatoms. The summed E-state index contributed by atoms with van der Waals surface area (Å²) in [6, 6.07) is 28.2. The number of fused-ring (bicyclic) bond motifs is 2. The number of para-hydroxylation sites is 2. The van der Waals surface area contributed by atoms with Crippen LogP contribution in [0.2, 0.25) is 0 Å². The van der Waals surface area contributed by atoms with E-state index in [2.05, 4.69) is 29.2 Å². The van der Waals surface area contributed by atoms with Gasteiger partial charge in [-0.2, -0.15) is 0 Å². The molecule has 306 valence electrons. The van der Waals surface area contributed by atoms with Crippen molar-refractivity contribution < 1.29 is 29.0 Å². The number of aromatic nitrogens is 1. The predicted molar refractivity (Wildman–Crippen MR) is 228 cm³/mol. The van der Waals surface area contributed by atoms with E-state index in [-0.39, 0.29) is 30.2 Å². The van der Waals surface area contributed by atoms with Crippen LogP contribution in [0.5, 0.6) is 11.5 Å². The molecule has 0 radical (unpaired) electrons. The maximum Gasteiger partial charge on any atom is 0.415 e. The summed E-state index contributed by atoms with van der Waals surface area (Å²) in [4.78, 5) is 52.8. The van der Waals surface area contributed by atoms with Crippen LogP contribution < -0.4 is 14.5 Å². The number of morpholine rings is 1. The second-order valence-corrected chi connectivity index (χ2v) is 16.0. The lowest BCUT2D eigenvalue weighted by Crippen LogP contribution is -2.52. The predicted octanol–water partition coefficient (Wildman–Crippen LogP) is 6.51. The number of hydrogen-bond donors (Lipinski definition) is 1. The van der Waals surface area contributed by atoms with Crippen molar-refractivity contribution in [1.82, 2.24) is 19.3 Å². The third-order valence-corrected chi connectivity index (χ3v) is 12.2. The standard InChI is InChI=1S/C47H52N6O6/c1-31-39(45(55)50(5)36-14-16-38(54)17-15-36)27-43(49(31)4)40-25-33-18-19-52(47(57)59-44-13-9-8-12-42(44)48(2)3)28-35(33)26-41(40)46(56)53-29-34-11-7-6-10-32(34)24-37(53)30-51-20-22-58-23-21-51/h6-17,25-27,37,54H,18-24,28-30H2,1-5H3/t37-/m0/s1. The number of carbonyl (C=O) groups excluding carboxylic acids is 3. The Labute approximate surface area is 345 Å². The Bertz CT molecular complexity index is 2380. The fourth-order valence-electron chi connectivity index (χ4n) is 8.60. The van der Waals surface area contributed by atoms with Crippen molar-refractivity contribution in [3.8, 4) is 22.8 Å². The van der Waals surface area contributed by atoms with Crippen molar-refractivity contribution in [2.24, 2.45) is 7.05 Å². The van der Waals surface area contributed by atoms with Crippen LogP contribution in [0.25, 0.3) is 11.3 Å².